The summed E-state index contributed by atoms with van der Waals surface area (Å²) in [5, 5.41) is 0. The van der Waals surface area contributed by atoms with E-state index in [1.807, 2.05) is 0 Å². The highest BCUT2D eigenvalue weighted by Gasteiger charge is 2.52. The molecule has 102 valence electrons. The van der Waals surface area contributed by atoms with Crippen LogP contribution in [0.4, 0.5) is 0 Å². The first-order valence-electron chi connectivity index (χ1n) is 4.91. The Balaban J connectivity index is 3.15. The zero-order valence-corrected chi connectivity index (χ0v) is 12.2. The smallest absolute Gasteiger partial charge is 0.323 e. The van der Waals surface area contributed by atoms with Crippen molar-refractivity contribution in [2.24, 2.45) is 0 Å². The number of thioether (sulfide) groups is 1. The van der Waals surface area contributed by atoms with E-state index in [1.54, 1.807) is 25.6 Å². The Morgan fingerprint density at radius 2 is 1.65 bits per heavy atom. The van der Waals surface area contributed by atoms with Crippen LogP contribution in [0.1, 0.15) is 13.8 Å². The lowest BCUT2D eigenvalue weighted by Gasteiger charge is -2.46. The summed E-state index contributed by atoms with van der Waals surface area (Å²) in [4.78, 5) is 37.9. The van der Waals surface area contributed by atoms with E-state index in [-0.39, 0.29) is 6.54 Å². The molecule has 17 heavy (non-hydrogen) atoms. The summed E-state index contributed by atoms with van der Waals surface area (Å²) < 4.78 is 22.6. The van der Waals surface area contributed by atoms with Gasteiger partial charge in [0.2, 0.25) is 5.52 Å². The molecule has 1 saturated heterocycles. The summed E-state index contributed by atoms with van der Waals surface area (Å²) in [7, 11) is -9.78. The number of hydrogen-bond donors (Lipinski definition) is 4. The average molecular weight is 305 g/mol. The Labute approximate surface area is 104 Å². The van der Waals surface area contributed by atoms with E-state index in [1.165, 1.54) is 4.90 Å². The first-order valence-corrected chi connectivity index (χ1v) is 9.43. The molecule has 0 saturated carbocycles. The van der Waals surface area contributed by atoms with Crippen molar-refractivity contribution in [2.75, 3.05) is 18.1 Å². The summed E-state index contributed by atoms with van der Waals surface area (Å²) in [6.45, 7) is 3.69. The minimum absolute atomic E-state index is 0.249. The van der Waals surface area contributed by atoms with Gasteiger partial charge in [-0.3, -0.25) is 14.0 Å². The van der Waals surface area contributed by atoms with E-state index in [4.69, 9.17) is 19.6 Å². The summed E-state index contributed by atoms with van der Waals surface area (Å²) >= 11 is 1.60. The third-order valence-corrected chi connectivity index (χ3v) is 7.54. The molecule has 0 bridgehead atoms. The van der Waals surface area contributed by atoms with Crippen molar-refractivity contribution >= 4 is 27.0 Å². The maximum absolute atomic E-state index is 11.3. The van der Waals surface area contributed by atoms with E-state index in [0.717, 1.165) is 0 Å². The maximum atomic E-state index is 11.3. The van der Waals surface area contributed by atoms with Crippen LogP contribution in [0.3, 0.4) is 0 Å². The Bertz CT molecular complexity index is 355. The predicted molar refractivity (Wildman–Crippen MR) is 66.0 cm³/mol. The highest BCUT2D eigenvalue weighted by Crippen LogP contribution is 2.62. The fourth-order valence-corrected chi connectivity index (χ4v) is 6.14. The van der Waals surface area contributed by atoms with Gasteiger partial charge in [-0.25, -0.2) is 0 Å². The summed E-state index contributed by atoms with van der Waals surface area (Å²) in [6, 6.07) is 0. The highest BCUT2D eigenvalue weighted by atomic mass is 32.2. The topological polar surface area (TPSA) is 118 Å². The van der Waals surface area contributed by atoms with Crippen LogP contribution in [-0.2, 0) is 9.13 Å². The van der Waals surface area contributed by atoms with Crippen LogP contribution < -0.4 is 0 Å². The summed E-state index contributed by atoms with van der Waals surface area (Å²) in [5.74, 6) is 1.17. The van der Waals surface area contributed by atoms with E-state index < -0.39 is 26.3 Å². The van der Waals surface area contributed by atoms with E-state index in [0.29, 0.717) is 11.5 Å². The minimum Gasteiger partial charge on any atom is -0.323 e. The molecule has 1 fully saturated rings. The molecule has 1 heterocycles. The van der Waals surface area contributed by atoms with Gasteiger partial charge in [0.25, 0.3) is 0 Å². The molecular formula is C7H17NO6P2S. The van der Waals surface area contributed by atoms with Crippen molar-refractivity contribution in [1.82, 2.24) is 4.90 Å². The summed E-state index contributed by atoms with van der Waals surface area (Å²) in [5.41, 5.74) is -2.69. The van der Waals surface area contributed by atoms with Gasteiger partial charge in [0.05, 0.1) is 0 Å². The Hall–Kier alpha value is 0.610. The lowest BCUT2D eigenvalue weighted by atomic mass is 10.1. The van der Waals surface area contributed by atoms with Crippen molar-refractivity contribution in [2.45, 2.75) is 24.9 Å². The molecule has 0 atom stereocenters. The van der Waals surface area contributed by atoms with Gasteiger partial charge in [-0.2, -0.15) is 11.8 Å². The SMILES string of the molecule is CC1(C)CSCCN1C(P(=O)(O)O)P(=O)(O)O. The number of hydrogen-bond acceptors (Lipinski definition) is 4. The zero-order valence-electron chi connectivity index (χ0n) is 9.55. The lowest BCUT2D eigenvalue weighted by molar-refractivity contribution is 0.128. The molecule has 4 N–H and O–H groups in total. The largest absolute Gasteiger partial charge is 0.355 e. The Morgan fingerprint density at radius 1 is 1.18 bits per heavy atom. The van der Waals surface area contributed by atoms with Gasteiger partial charge in [-0.1, -0.05) is 0 Å². The second-order valence-electron chi connectivity index (χ2n) is 4.58. The molecule has 7 nitrogen and oxygen atoms in total. The first-order chi connectivity index (χ1) is 7.46. The van der Waals surface area contributed by atoms with Crippen molar-refractivity contribution in [3.05, 3.63) is 0 Å². The Morgan fingerprint density at radius 3 is 2.00 bits per heavy atom. The second-order valence-corrected chi connectivity index (χ2v) is 9.43. The van der Waals surface area contributed by atoms with Gasteiger partial charge in [0.15, 0.2) is 0 Å². The van der Waals surface area contributed by atoms with E-state index in [2.05, 4.69) is 0 Å². The van der Waals surface area contributed by atoms with Gasteiger partial charge in [0.1, 0.15) is 0 Å². The standard InChI is InChI=1S/C7H17NO6P2S/c1-7(2)5-17-4-3-8(7)6(15(9,10)11)16(12,13)14/h6H,3-5H2,1-2H3,(H2,9,10,11)(H2,12,13,14). The maximum Gasteiger partial charge on any atom is 0.355 e. The molecule has 0 aromatic heterocycles. The van der Waals surface area contributed by atoms with Gasteiger partial charge >= 0.3 is 15.2 Å². The van der Waals surface area contributed by atoms with Gasteiger partial charge in [-0.15, -0.1) is 0 Å². The average Bonchev–Trinajstić information content (AvgIpc) is 2.03. The zero-order chi connectivity index (χ0) is 13.5. The molecule has 1 aliphatic heterocycles. The van der Waals surface area contributed by atoms with Crippen LogP contribution in [0.15, 0.2) is 0 Å². The van der Waals surface area contributed by atoms with Gasteiger partial charge in [-0.05, 0) is 13.8 Å². The lowest BCUT2D eigenvalue weighted by Crippen LogP contribution is -2.54. The van der Waals surface area contributed by atoms with Crippen molar-refractivity contribution in [3.8, 4) is 0 Å². The van der Waals surface area contributed by atoms with Gasteiger partial charge < -0.3 is 19.6 Å². The van der Waals surface area contributed by atoms with Gasteiger partial charge in [0, 0.05) is 23.6 Å². The van der Waals surface area contributed by atoms with Crippen molar-refractivity contribution in [1.29, 1.82) is 0 Å². The van der Waals surface area contributed by atoms with Crippen LogP contribution >= 0.6 is 27.0 Å². The molecule has 0 aliphatic carbocycles. The quantitative estimate of drug-likeness (QED) is 0.555. The fraction of sp³-hybridized carbons (Fsp3) is 1.00. The molecule has 0 radical (unpaired) electrons. The van der Waals surface area contributed by atoms with Crippen LogP contribution in [0.2, 0.25) is 0 Å². The normalized spacial score (nSPS) is 23.0. The highest BCUT2D eigenvalue weighted by molar-refractivity contribution is 7.99. The molecule has 0 spiro atoms. The minimum atomic E-state index is -4.89. The molecule has 0 unspecified atom stereocenters. The first kappa shape index (κ1) is 15.7. The van der Waals surface area contributed by atoms with Crippen molar-refractivity contribution < 1.29 is 28.7 Å². The molecule has 0 aromatic carbocycles. The molecule has 0 aromatic rings. The Kier molecular flexibility index (Phi) is 4.56. The molecule has 1 aliphatic rings. The van der Waals surface area contributed by atoms with Crippen LogP contribution in [0.5, 0.6) is 0 Å². The fourth-order valence-electron chi connectivity index (χ4n) is 1.86. The second kappa shape index (κ2) is 4.94. The number of nitrogens with zero attached hydrogens (tertiary/aromatic N) is 1. The molecule has 0 amide bonds. The number of rotatable bonds is 3. The molecular weight excluding hydrogens is 288 g/mol. The third-order valence-electron chi connectivity index (χ3n) is 2.59. The monoisotopic (exact) mass is 305 g/mol. The third kappa shape index (κ3) is 3.78. The predicted octanol–water partition coefficient (Wildman–Crippen LogP) is 0.453. The molecule has 10 heteroatoms. The van der Waals surface area contributed by atoms with E-state index in [9.17, 15) is 9.13 Å². The summed E-state index contributed by atoms with van der Waals surface area (Å²) in [6.07, 6.45) is 0. The van der Waals surface area contributed by atoms with Crippen molar-refractivity contribution in [3.63, 3.8) is 0 Å². The molecule has 1 rings (SSSR count). The van der Waals surface area contributed by atoms with Crippen LogP contribution in [0.25, 0.3) is 0 Å². The van der Waals surface area contributed by atoms with E-state index >= 15 is 0 Å². The van der Waals surface area contributed by atoms with Crippen LogP contribution in [0, 0.1) is 0 Å². The van der Waals surface area contributed by atoms with Crippen LogP contribution in [-0.4, -0.2) is 53.6 Å².